The summed E-state index contributed by atoms with van der Waals surface area (Å²) in [6, 6.07) is 0. The minimum Gasteiger partial charge on any atom is -0.383 e. The van der Waals surface area contributed by atoms with Crippen LogP contribution in [-0.2, 0) is 23.5 Å². The topological polar surface area (TPSA) is 34.2 Å². The standard InChI is InChI=1S/C13H24N2OS2/c1-4-6-11-12(9-14-7-8-16-3)18-13(15-11)10-17-5-2/h14H,4-10H2,1-3H3. The Labute approximate surface area is 119 Å². The van der Waals surface area contributed by atoms with Crippen LogP contribution in [0.4, 0.5) is 0 Å². The number of hydrogen-bond donors (Lipinski definition) is 1. The van der Waals surface area contributed by atoms with E-state index in [1.54, 1.807) is 7.11 Å². The number of ether oxygens (including phenoxy) is 1. The van der Waals surface area contributed by atoms with Crippen LogP contribution in [0, 0.1) is 0 Å². The van der Waals surface area contributed by atoms with Crippen molar-refractivity contribution in [3.8, 4) is 0 Å². The Morgan fingerprint density at radius 1 is 1.39 bits per heavy atom. The third kappa shape index (κ3) is 5.69. The summed E-state index contributed by atoms with van der Waals surface area (Å²) >= 11 is 3.80. The van der Waals surface area contributed by atoms with Crippen molar-refractivity contribution in [3.63, 3.8) is 0 Å². The molecule has 0 radical (unpaired) electrons. The molecule has 0 unspecified atom stereocenters. The minimum absolute atomic E-state index is 0.764. The van der Waals surface area contributed by atoms with Crippen LogP contribution in [0.3, 0.4) is 0 Å². The average molecular weight is 288 g/mol. The van der Waals surface area contributed by atoms with Gasteiger partial charge in [-0.05, 0) is 12.2 Å². The summed E-state index contributed by atoms with van der Waals surface area (Å²) in [4.78, 5) is 6.17. The minimum atomic E-state index is 0.764. The lowest BCUT2D eigenvalue weighted by Crippen LogP contribution is -2.18. The molecule has 0 aliphatic rings. The fourth-order valence-corrected chi connectivity index (χ4v) is 3.44. The molecule has 0 aliphatic heterocycles. The van der Waals surface area contributed by atoms with Gasteiger partial charge in [-0.25, -0.2) is 4.98 Å². The highest BCUT2D eigenvalue weighted by molar-refractivity contribution is 7.98. The third-order valence-corrected chi connectivity index (χ3v) is 4.67. The molecule has 1 rings (SSSR count). The van der Waals surface area contributed by atoms with Gasteiger partial charge in [-0.2, -0.15) is 11.8 Å². The Hall–Kier alpha value is -0.100. The van der Waals surface area contributed by atoms with E-state index in [1.165, 1.54) is 15.6 Å². The molecule has 3 nitrogen and oxygen atoms in total. The van der Waals surface area contributed by atoms with Crippen molar-refractivity contribution < 1.29 is 4.74 Å². The van der Waals surface area contributed by atoms with Crippen molar-refractivity contribution in [1.29, 1.82) is 0 Å². The van der Waals surface area contributed by atoms with Gasteiger partial charge in [-0.3, -0.25) is 0 Å². The van der Waals surface area contributed by atoms with Crippen LogP contribution in [0.2, 0.25) is 0 Å². The average Bonchev–Trinajstić information content (AvgIpc) is 2.75. The third-order valence-electron chi connectivity index (χ3n) is 2.51. The lowest BCUT2D eigenvalue weighted by molar-refractivity contribution is 0.199. The van der Waals surface area contributed by atoms with Crippen LogP contribution in [0.1, 0.15) is 35.8 Å². The molecule has 5 heteroatoms. The quantitative estimate of drug-likeness (QED) is 0.671. The van der Waals surface area contributed by atoms with Crippen LogP contribution < -0.4 is 5.32 Å². The first-order chi connectivity index (χ1) is 8.81. The highest BCUT2D eigenvalue weighted by Gasteiger charge is 2.10. The Bertz CT molecular complexity index is 329. The molecule has 0 amide bonds. The van der Waals surface area contributed by atoms with Gasteiger partial charge in [0.15, 0.2) is 0 Å². The first-order valence-electron chi connectivity index (χ1n) is 6.56. The van der Waals surface area contributed by atoms with E-state index in [-0.39, 0.29) is 0 Å². The van der Waals surface area contributed by atoms with Crippen LogP contribution in [-0.4, -0.2) is 31.0 Å². The summed E-state index contributed by atoms with van der Waals surface area (Å²) in [7, 11) is 1.73. The number of methoxy groups -OCH3 is 1. The molecule has 1 aromatic rings. The zero-order valence-electron chi connectivity index (χ0n) is 11.6. The van der Waals surface area contributed by atoms with Crippen molar-refractivity contribution in [3.05, 3.63) is 15.6 Å². The normalized spacial score (nSPS) is 11.1. The number of rotatable bonds is 10. The molecular formula is C13H24N2OS2. The largest absolute Gasteiger partial charge is 0.383 e. The summed E-state index contributed by atoms with van der Waals surface area (Å²) in [5.74, 6) is 2.21. The van der Waals surface area contributed by atoms with E-state index in [4.69, 9.17) is 9.72 Å². The molecule has 0 saturated heterocycles. The molecule has 18 heavy (non-hydrogen) atoms. The van der Waals surface area contributed by atoms with E-state index >= 15 is 0 Å². The first kappa shape index (κ1) is 16.0. The number of nitrogens with zero attached hydrogens (tertiary/aromatic N) is 1. The number of aromatic nitrogens is 1. The molecule has 0 saturated carbocycles. The molecule has 1 aromatic heterocycles. The molecule has 0 atom stereocenters. The SMILES string of the molecule is CCCc1nc(CSCC)sc1CNCCOC. The van der Waals surface area contributed by atoms with Crippen molar-refractivity contribution in [2.75, 3.05) is 26.0 Å². The second-order valence-corrected chi connectivity index (χ2v) is 6.48. The molecule has 0 spiro atoms. The molecule has 1 heterocycles. The van der Waals surface area contributed by atoms with E-state index in [0.29, 0.717) is 0 Å². The van der Waals surface area contributed by atoms with Crippen LogP contribution >= 0.6 is 23.1 Å². The second-order valence-electron chi connectivity index (χ2n) is 4.03. The summed E-state index contributed by atoms with van der Waals surface area (Å²) in [5, 5.41) is 4.68. The Morgan fingerprint density at radius 2 is 2.22 bits per heavy atom. The first-order valence-corrected chi connectivity index (χ1v) is 8.53. The molecular weight excluding hydrogens is 264 g/mol. The maximum absolute atomic E-state index is 5.04. The molecule has 1 N–H and O–H groups in total. The summed E-state index contributed by atoms with van der Waals surface area (Å²) in [6.07, 6.45) is 2.25. The van der Waals surface area contributed by atoms with Gasteiger partial charge in [0, 0.05) is 30.8 Å². The van der Waals surface area contributed by atoms with E-state index in [9.17, 15) is 0 Å². The molecule has 0 aliphatic carbocycles. The summed E-state index contributed by atoms with van der Waals surface area (Å²) < 4.78 is 5.04. The van der Waals surface area contributed by atoms with E-state index in [2.05, 4.69) is 19.2 Å². The van der Waals surface area contributed by atoms with Gasteiger partial charge in [-0.1, -0.05) is 20.3 Å². The zero-order valence-corrected chi connectivity index (χ0v) is 13.3. The predicted molar refractivity (Wildman–Crippen MR) is 81.5 cm³/mol. The monoisotopic (exact) mass is 288 g/mol. The van der Waals surface area contributed by atoms with Crippen molar-refractivity contribution in [2.45, 2.75) is 39.0 Å². The van der Waals surface area contributed by atoms with E-state index < -0.39 is 0 Å². The zero-order chi connectivity index (χ0) is 13.2. The van der Waals surface area contributed by atoms with Crippen molar-refractivity contribution in [2.24, 2.45) is 0 Å². The predicted octanol–water partition coefficient (Wildman–Crippen LogP) is 3.08. The fourth-order valence-electron chi connectivity index (χ4n) is 1.63. The van der Waals surface area contributed by atoms with Gasteiger partial charge < -0.3 is 10.1 Å². The van der Waals surface area contributed by atoms with Gasteiger partial charge in [-0.15, -0.1) is 11.3 Å². The second kappa shape index (κ2) is 9.78. The van der Waals surface area contributed by atoms with Crippen molar-refractivity contribution >= 4 is 23.1 Å². The fraction of sp³-hybridized carbons (Fsp3) is 0.769. The molecule has 0 bridgehead atoms. The highest BCUT2D eigenvalue weighted by Crippen LogP contribution is 2.23. The van der Waals surface area contributed by atoms with Crippen molar-refractivity contribution in [1.82, 2.24) is 10.3 Å². The van der Waals surface area contributed by atoms with E-state index in [0.717, 1.165) is 44.0 Å². The number of aryl methyl sites for hydroxylation is 1. The van der Waals surface area contributed by atoms with E-state index in [1.807, 2.05) is 23.1 Å². The maximum atomic E-state index is 5.04. The Morgan fingerprint density at radius 3 is 2.89 bits per heavy atom. The van der Waals surface area contributed by atoms with Crippen LogP contribution in [0.15, 0.2) is 0 Å². The van der Waals surface area contributed by atoms with Gasteiger partial charge in [0.2, 0.25) is 0 Å². The van der Waals surface area contributed by atoms with Crippen LogP contribution in [0.5, 0.6) is 0 Å². The lowest BCUT2D eigenvalue weighted by atomic mass is 10.2. The Kier molecular flexibility index (Phi) is 8.67. The highest BCUT2D eigenvalue weighted by atomic mass is 32.2. The van der Waals surface area contributed by atoms with Gasteiger partial charge in [0.25, 0.3) is 0 Å². The lowest BCUT2D eigenvalue weighted by Gasteiger charge is -2.03. The molecule has 104 valence electrons. The Balaban J connectivity index is 2.53. The van der Waals surface area contributed by atoms with Gasteiger partial charge >= 0.3 is 0 Å². The van der Waals surface area contributed by atoms with Crippen LogP contribution in [0.25, 0.3) is 0 Å². The number of hydrogen-bond acceptors (Lipinski definition) is 5. The molecule has 0 aromatic carbocycles. The number of thiazole rings is 1. The maximum Gasteiger partial charge on any atom is 0.103 e. The number of thioether (sulfide) groups is 1. The van der Waals surface area contributed by atoms with Gasteiger partial charge in [0.05, 0.1) is 12.3 Å². The smallest absolute Gasteiger partial charge is 0.103 e. The summed E-state index contributed by atoms with van der Waals surface area (Å²) in [5.41, 5.74) is 1.29. The van der Waals surface area contributed by atoms with Gasteiger partial charge in [0.1, 0.15) is 5.01 Å². The summed E-state index contributed by atoms with van der Waals surface area (Å²) in [6.45, 7) is 6.99. The molecule has 0 fully saturated rings. The number of nitrogens with one attached hydrogen (secondary N) is 1.